The molecule has 2 fully saturated rings. The maximum Gasteiger partial charge on any atom is 0.195 e. The number of nitrogens with zero attached hydrogens (tertiary/aromatic N) is 4. The summed E-state index contributed by atoms with van der Waals surface area (Å²) < 4.78 is 11.3. The molecule has 0 unspecified atom stereocenters. The number of aromatic nitrogens is 2. The van der Waals surface area contributed by atoms with Crippen molar-refractivity contribution in [3.05, 3.63) is 24.3 Å². The molecular formula is C12H16N4O3. The van der Waals surface area contributed by atoms with Crippen LogP contribution in [0.1, 0.15) is 18.5 Å². The quantitative estimate of drug-likeness (QED) is 0.343. The van der Waals surface area contributed by atoms with E-state index in [1.54, 1.807) is 18.6 Å². The first-order valence-electron chi connectivity index (χ1n) is 6.34. The molecule has 3 rings (SSSR count). The van der Waals surface area contributed by atoms with Crippen molar-refractivity contribution in [3.63, 3.8) is 0 Å². The van der Waals surface area contributed by atoms with Crippen LogP contribution in [0.2, 0.25) is 0 Å². The molecule has 102 valence electrons. The zero-order chi connectivity index (χ0) is 13.1. The molecule has 1 spiro atoms. The molecule has 1 aromatic rings. The van der Waals surface area contributed by atoms with Crippen molar-refractivity contribution >= 4 is 5.84 Å². The highest BCUT2D eigenvalue weighted by molar-refractivity contribution is 5.96. The predicted octanol–water partition coefficient (Wildman–Crippen LogP) is 0.451. The lowest BCUT2D eigenvalue weighted by Crippen LogP contribution is -2.47. The number of rotatable bonds is 1. The second kappa shape index (κ2) is 5.10. The van der Waals surface area contributed by atoms with Gasteiger partial charge in [0.1, 0.15) is 5.69 Å². The summed E-state index contributed by atoms with van der Waals surface area (Å²) in [6.45, 7) is 2.72. The third-order valence-corrected chi connectivity index (χ3v) is 3.53. The van der Waals surface area contributed by atoms with E-state index in [4.69, 9.17) is 9.47 Å². The number of likely N-dealkylation sites (tertiary alicyclic amines) is 1. The van der Waals surface area contributed by atoms with Gasteiger partial charge in [-0.15, -0.1) is 0 Å². The van der Waals surface area contributed by atoms with Crippen molar-refractivity contribution in [1.82, 2.24) is 14.9 Å². The van der Waals surface area contributed by atoms with E-state index in [1.807, 2.05) is 4.90 Å². The fourth-order valence-corrected chi connectivity index (χ4v) is 2.54. The highest BCUT2D eigenvalue weighted by Crippen LogP contribution is 2.31. The first-order valence-corrected chi connectivity index (χ1v) is 6.34. The van der Waals surface area contributed by atoms with Gasteiger partial charge in [0.05, 0.1) is 19.4 Å². The standard InChI is InChI=1S/C12H16N4O3/c17-15-11(10-9-13-3-4-14-10)16-5-1-12(2-6-16)18-7-8-19-12/h3-4,9,17H,1-2,5-8H2. The van der Waals surface area contributed by atoms with Crippen molar-refractivity contribution < 1.29 is 14.7 Å². The second-order valence-corrected chi connectivity index (χ2v) is 4.61. The van der Waals surface area contributed by atoms with Crippen LogP contribution in [0.3, 0.4) is 0 Å². The van der Waals surface area contributed by atoms with Crippen molar-refractivity contribution in [2.45, 2.75) is 18.6 Å². The summed E-state index contributed by atoms with van der Waals surface area (Å²) in [4.78, 5) is 10.1. The Bertz CT molecular complexity index is 449. The fourth-order valence-electron chi connectivity index (χ4n) is 2.54. The minimum absolute atomic E-state index is 0.431. The number of oxime groups is 1. The van der Waals surface area contributed by atoms with Crippen LogP contribution in [0.15, 0.2) is 23.7 Å². The van der Waals surface area contributed by atoms with Crippen LogP contribution in [0.25, 0.3) is 0 Å². The molecule has 0 aliphatic carbocycles. The van der Waals surface area contributed by atoms with E-state index in [-0.39, 0.29) is 0 Å². The largest absolute Gasteiger partial charge is 0.409 e. The van der Waals surface area contributed by atoms with Crippen molar-refractivity contribution in [2.24, 2.45) is 5.16 Å². The number of hydrogen-bond donors (Lipinski definition) is 1. The van der Waals surface area contributed by atoms with E-state index in [0.29, 0.717) is 37.8 Å². The average molecular weight is 264 g/mol. The molecule has 0 radical (unpaired) electrons. The SMILES string of the molecule is ON=C(c1cnccn1)N1CCC2(CC1)OCCO2. The maximum absolute atomic E-state index is 9.20. The van der Waals surface area contributed by atoms with E-state index < -0.39 is 5.79 Å². The Hall–Kier alpha value is -1.73. The minimum Gasteiger partial charge on any atom is -0.409 e. The monoisotopic (exact) mass is 264 g/mol. The molecule has 0 atom stereocenters. The number of hydrogen-bond acceptors (Lipinski definition) is 6. The first kappa shape index (κ1) is 12.3. The molecule has 1 N–H and O–H groups in total. The van der Waals surface area contributed by atoms with Gasteiger partial charge < -0.3 is 19.6 Å². The highest BCUT2D eigenvalue weighted by atomic mass is 16.7. The van der Waals surface area contributed by atoms with Gasteiger partial charge in [-0.1, -0.05) is 5.16 Å². The molecule has 2 aliphatic rings. The summed E-state index contributed by atoms with van der Waals surface area (Å²) in [5.74, 6) is 0.0142. The molecule has 0 amide bonds. The number of ether oxygens (including phenoxy) is 2. The van der Waals surface area contributed by atoms with Gasteiger partial charge in [0.2, 0.25) is 0 Å². The van der Waals surface area contributed by atoms with E-state index in [9.17, 15) is 5.21 Å². The third kappa shape index (κ3) is 2.39. The van der Waals surface area contributed by atoms with E-state index in [1.165, 1.54) is 0 Å². The molecule has 7 heteroatoms. The van der Waals surface area contributed by atoms with Crippen LogP contribution in [0.4, 0.5) is 0 Å². The first-order chi connectivity index (χ1) is 9.33. The second-order valence-electron chi connectivity index (χ2n) is 4.61. The summed E-state index contributed by atoms with van der Waals surface area (Å²) >= 11 is 0. The Balaban J connectivity index is 1.70. The zero-order valence-electron chi connectivity index (χ0n) is 10.5. The Morgan fingerprint density at radius 3 is 2.58 bits per heavy atom. The van der Waals surface area contributed by atoms with Crippen molar-refractivity contribution in [2.75, 3.05) is 26.3 Å². The summed E-state index contributed by atoms with van der Waals surface area (Å²) in [6, 6.07) is 0. The van der Waals surface area contributed by atoms with Gasteiger partial charge in [0.15, 0.2) is 11.6 Å². The highest BCUT2D eigenvalue weighted by Gasteiger charge is 2.40. The van der Waals surface area contributed by atoms with Crippen LogP contribution >= 0.6 is 0 Å². The molecule has 0 saturated carbocycles. The molecule has 19 heavy (non-hydrogen) atoms. The summed E-state index contributed by atoms with van der Waals surface area (Å²) in [5, 5.41) is 12.6. The van der Waals surface area contributed by atoms with E-state index in [2.05, 4.69) is 15.1 Å². The number of piperidine rings is 1. The van der Waals surface area contributed by atoms with Gasteiger partial charge in [-0.25, -0.2) is 4.98 Å². The lowest BCUT2D eigenvalue weighted by Gasteiger charge is -2.38. The predicted molar refractivity (Wildman–Crippen MR) is 65.8 cm³/mol. The Morgan fingerprint density at radius 1 is 1.26 bits per heavy atom. The molecule has 0 aromatic carbocycles. The smallest absolute Gasteiger partial charge is 0.195 e. The van der Waals surface area contributed by atoms with Crippen LogP contribution in [-0.4, -0.2) is 58.0 Å². The normalized spacial score (nSPS) is 22.9. The molecule has 0 bridgehead atoms. The summed E-state index contributed by atoms with van der Waals surface area (Å²) in [6.07, 6.45) is 6.26. The lowest BCUT2D eigenvalue weighted by atomic mass is 10.0. The maximum atomic E-state index is 9.20. The Labute approximate surface area is 110 Å². The zero-order valence-corrected chi connectivity index (χ0v) is 10.5. The van der Waals surface area contributed by atoms with Crippen LogP contribution in [-0.2, 0) is 9.47 Å². The molecule has 7 nitrogen and oxygen atoms in total. The van der Waals surface area contributed by atoms with Gasteiger partial charge in [-0.05, 0) is 0 Å². The van der Waals surface area contributed by atoms with Crippen LogP contribution < -0.4 is 0 Å². The van der Waals surface area contributed by atoms with E-state index in [0.717, 1.165) is 12.8 Å². The number of amidine groups is 1. The topological polar surface area (TPSA) is 80.1 Å². The summed E-state index contributed by atoms with van der Waals surface area (Å²) in [7, 11) is 0. The molecule has 1 aromatic heterocycles. The average Bonchev–Trinajstić information content (AvgIpc) is 2.92. The molecule has 3 heterocycles. The summed E-state index contributed by atoms with van der Waals surface area (Å²) in [5.41, 5.74) is 0.564. The Kier molecular flexibility index (Phi) is 3.31. The fraction of sp³-hybridized carbons (Fsp3) is 0.583. The van der Waals surface area contributed by atoms with Crippen molar-refractivity contribution in [3.8, 4) is 0 Å². The lowest BCUT2D eigenvalue weighted by molar-refractivity contribution is -0.180. The van der Waals surface area contributed by atoms with Gasteiger partial charge in [-0.2, -0.15) is 0 Å². The van der Waals surface area contributed by atoms with Gasteiger partial charge in [0, 0.05) is 38.3 Å². The Morgan fingerprint density at radius 2 is 2.00 bits per heavy atom. The van der Waals surface area contributed by atoms with Crippen LogP contribution in [0.5, 0.6) is 0 Å². The van der Waals surface area contributed by atoms with Crippen LogP contribution in [0, 0.1) is 0 Å². The molecular weight excluding hydrogens is 248 g/mol. The van der Waals surface area contributed by atoms with Gasteiger partial charge in [-0.3, -0.25) is 4.98 Å². The molecule has 2 aliphatic heterocycles. The minimum atomic E-state index is -0.431. The van der Waals surface area contributed by atoms with Gasteiger partial charge >= 0.3 is 0 Å². The third-order valence-electron chi connectivity index (χ3n) is 3.53. The molecule has 2 saturated heterocycles. The van der Waals surface area contributed by atoms with Gasteiger partial charge in [0.25, 0.3) is 0 Å². The van der Waals surface area contributed by atoms with Crippen molar-refractivity contribution in [1.29, 1.82) is 0 Å². The van der Waals surface area contributed by atoms with E-state index >= 15 is 0 Å².